The van der Waals surface area contributed by atoms with Gasteiger partial charge in [-0.05, 0) is 63.0 Å². The highest BCUT2D eigenvalue weighted by atomic mass is 32.2. The molecule has 0 saturated heterocycles. The molecule has 1 atom stereocenters. The molecule has 0 aromatic carbocycles. The summed E-state index contributed by atoms with van der Waals surface area (Å²) >= 11 is 0. The molecule has 9 nitrogen and oxygen atoms in total. The largest absolute Gasteiger partial charge is 0.477 e. The number of pyridine rings is 1. The molecule has 164 valence electrons. The fraction of sp³-hybridized carbons (Fsp3) is 0.571. The number of hydrogen-bond donors (Lipinski definition) is 2. The summed E-state index contributed by atoms with van der Waals surface area (Å²) in [4.78, 5) is 18.2. The zero-order valence-corrected chi connectivity index (χ0v) is 18.4. The van der Waals surface area contributed by atoms with Crippen molar-refractivity contribution < 1.29 is 13.7 Å². The van der Waals surface area contributed by atoms with Gasteiger partial charge in [-0.15, -0.1) is 4.36 Å². The molecular weight excluding hydrogens is 416 g/mol. The lowest BCUT2D eigenvalue weighted by molar-refractivity contribution is 0.224. The molecule has 3 aliphatic carbocycles. The SMILES string of the molecule is Cc1nn2c(c1S(N)(=O)=NC(=O)Nc1c3c(nc4c1CCC41CC1)CCC3)OCCC2. The highest BCUT2D eigenvalue weighted by Crippen LogP contribution is 2.58. The van der Waals surface area contributed by atoms with Gasteiger partial charge in [-0.25, -0.2) is 18.8 Å². The van der Waals surface area contributed by atoms with Crippen LogP contribution in [0.1, 0.15) is 60.3 Å². The van der Waals surface area contributed by atoms with Crippen LogP contribution in [-0.4, -0.2) is 31.6 Å². The number of aryl methyl sites for hydroxylation is 3. The Hall–Kier alpha value is -2.46. The summed E-state index contributed by atoms with van der Waals surface area (Å²) in [6.45, 7) is 2.87. The predicted molar refractivity (Wildman–Crippen MR) is 115 cm³/mol. The number of anilines is 1. The molecule has 10 heteroatoms. The van der Waals surface area contributed by atoms with Gasteiger partial charge in [0.1, 0.15) is 4.90 Å². The molecule has 1 unspecified atom stereocenters. The maximum atomic E-state index is 13.3. The molecule has 1 spiro atoms. The first-order valence-electron chi connectivity index (χ1n) is 11.0. The summed E-state index contributed by atoms with van der Waals surface area (Å²) in [6.07, 6.45) is 8.02. The van der Waals surface area contributed by atoms with Crippen molar-refractivity contribution in [3.05, 3.63) is 28.2 Å². The van der Waals surface area contributed by atoms with Crippen LogP contribution in [-0.2, 0) is 41.1 Å². The van der Waals surface area contributed by atoms with Gasteiger partial charge in [-0.2, -0.15) is 5.10 Å². The van der Waals surface area contributed by atoms with Crippen LogP contribution >= 0.6 is 0 Å². The standard InChI is InChI=1S/C21H26N6O3S/c1-12-17(19-27(25-12)10-3-11-30-19)31(22,29)26-20(28)24-16-13-4-2-5-15(13)23-18-14(16)6-7-21(18)8-9-21/h2-11H2,1H3,(H3,22,23,24,26,28,29). The zero-order chi connectivity index (χ0) is 21.4. The first kappa shape index (κ1) is 19.2. The number of nitrogens with one attached hydrogen (secondary N) is 1. The molecule has 2 aromatic heterocycles. The van der Waals surface area contributed by atoms with E-state index < -0.39 is 15.9 Å². The van der Waals surface area contributed by atoms with Crippen molar-refractivity contribution in [3.8, 4) is 5.88 Å². The second-order valence-electron chi connectivity index (χ2n) is 9.11. The van der Waals surface area contributed by atoms with E-state index in [0.717, 1.165) is 66.7 Å². The maximum absolute atomic E-state index is 13.3. The van der Waals surface area contributed by atoms with E-state index in [-0.39, 0.29) is 10.3 Å². The highest BCUT2D eigenvalue weighted by Gasteiger charge is 2.51. The lowest BCUT2D eigenvalue weighted by Gasteiger charge is -2.17. The minimum atomic E-state index is -3.51. The smallest absolute Gasteiger partial charge is 0.354 e. The third-order valence-corrected chi connectivity index (χ3v) is 8.55. The number of nitrogens with two attached hydrogens (primary N) is 1. The Bertz CT molecular complexity index is 1250. The second kappa shape index (κ2) is 6.52. The van der Waals surface area contributed by atoms with E-state index in [1.165, 1.54) is 12.8 Å². The summed E-state index contributed by atoms with van der Waals surface area (Å²) in [7, 11) is -3.51. The first-order chi connectivity index (χ1) is 14.9. The van der Waals surface area contributed by atoms with Crippen molar-refractivity contribution in [3.63, 3.8) is 0 Å². The van der Waals surface area contributed by atoms with E-state index in [0.29, 0.717) is 24.7 Å². The van der Waals surface area contributed by atoms with Crippen molar-refractivity contribution in [2.45, 2.75) is 75.1 Å². The molecule has 0 radical (unpaired) electrons. The Morgan fingerprint density at radius 3 is 2.87 bits per heavy atom. The molecule has 31 heavy (non-hydrogen) atoms. The van der Waals surface area contributed by atoms with E-state index in [1.807, 2.05) is 0 Å². The van der Waals surface area contributed by atoms with Gasteiger partial charge in [-0.1, -0.05) is 0 Å². The first-order valence-corrected chi connectivity index (χ1v) is 12.6. The van der Waals surface area contributed by atoms with Crippen molar-refractivity contribution in [1.82, 2.24) is 14.8 Å². The number of urea groups is 1. The average Bonchev–Trinajstić information content (AvgIpc) is 3.05. The van der Waals surface area contributed by atoms with E-state index in [1.54, 1.807) is 11.6 Å². The molecule has 3 N–H and O–H groups in total. The molecule has 2 aromatic rings. The predicted octanol–water partition coefficient (Wildman–Crippen LogP) is 2.77. The average molecular weight is 443 g/mol. The van der Waals surface area contributed by atoms with Crippen molar-refractivity contribution in [2.24, 2.45) is 9.50 Å². The molecule has 4 aliphatic rings. The van der Waals surface area contributed by atoms with Crippen LogP contribution < -0.4 is 15.2 Å². The number of amides is 2. The van der Waals surface area contributed by atoms with Gasteiger partial charge in [0.15, 0.2) is 9.92 Å². The van der Waals surface area contributed by atoms with E-state index in [9.17, 15) is 9.00 Å². The maximum Gasteiger partial charge on any atom is 0.354 e. The number of rotatable bonds is 2. The van der Waals surface area contributed by atoms with Crippen LogP contribution in [0.2, 0.25) is 0 Å². The molecule has 2 amide bonds. The minimum absolute atomic E-state index is 0.212. The zero-order valence-electron chi connectivity index (χ0n) is 17.6. The summed E-state index contributed by atoms with van der Waals surface area (Å²) < 4.78 is 24.5. The molecule has 0 bridgehead atoms. The van der Waals surface area contributed by atoms with Gasteiger partial charge in [0.05, 0.1) is 23.7 Å². The van der Waals surface area contributed by atoms with E-state index >= 15 is 0 Å². The van der Waals surface area contributed by atoms with Crippen LogP contribution in [0.5, 0.6) is 5.88 Å². The molecule has 6 rings (SSSR count). The number of carbonyl (C=O) groups is 1. The summed E-state index contributed by atoms with van der Waals surface area (Å²) in [5.74, 6) is 0.356. The molecular formula is C21H26N6O3S. The number of fused-ring (bicyclic) bond motifs is 4. The van der Waals surface area contributed by atoms with Crippen molar-refractivity contribution in [1.29, 1.82) is 0 Å². The highest BCUT2D eigenvalue weighted by molar-refractivity contribution is 7.91. The topological polar surface area (TPSA) is 124 Å². The number of aromatic nitrogens is 3. The fourth-order valence-corrected chi connectivity index (χ4v) is 6.69. The summed E-state index contributed by atoms with van der Waals surface area (Å²) in [6, 6.07) is -0.693. The van der Waals surface area contributed by atoms with Crippen LogP contribution in [0.25, 0.3) is 0 Å². The monoisotopic (exact) mass is 442 g/mol. The Morgan fingerprint density at radius 2 is 2.06 bits per heavy atom. The molecule has 1 fully saturated rings. The molecule has 3 heterocycles. The number of ether oxygens (including phenoxy) is 1. The normalized spacial score (nSPS) is 21.6. The van der Waals surface area contributed by atoms with Gasteiger partial charge in [0.2, 0.25) is 5.88 Å². The third-order valence-electron chi connectivity index (χ3n) is 7.06. The quantitative estimate of drug-likeness (QED) is 0.740. The van der Waals surface area contributed by atoms with Crippen LogP contribution in [0.4, 0.5) is 10.5 Å². The van der Waals surface area contributed by atoms with Crippen molar-refractivity contribution >= 4 is 21.6 Å². The van der Waals surface area contributed by atoms with Gasteiger partial charge in [0, 0.05) is 24.1 Å². The summed E-state index contributed by atoms with van der Waals surface area (Å²) in [5.41, 5.74) is 6.00. The third kappa shape index (κ3) is 2.91. The second-order valence-corrected chi connectivity index (χ2v) is 10.8. The lowest BCUT2D eigenvalue weighted by Crippen LogP contribution is -2.21. The van der Waals surface area contributed by atoms with Gasteiger partial charge in [-0.3, -0.25) is 4.98 Å². The van der Waals surface area contributed by atoms with Crippen LogP contribution in [0.15, 0.2) is 9.26 Å². The Morgan fingerprint density at radius 1 is 1.23 bits per heavy atom. The number of carbonyl (C=O) groups excluding carboxylic acids is 1. The van der Waals surface area contributed by atoms with Crippen LogP contribution in [0.3, 0.4) is 0 Å². The Kier molecular flexibility index (Phi) is 4.05. The van der Waals surface area contributed by atoms with E-state index in [2.05, 4.69) is 14.8 Å². The van der Waals surface area contributed by atoms with E-state index in [4.69, 9.17) is 14.9 Å². The molecule has 1 aliphatic heterocycles. The number of nitrogens with zero attached hydrogens (tertiary/aromatic N) is 4. The Labute approximate surface area is 181 Å². The minimum Gasteiger partial charge on any atom is -0.477 e. The van der Waals surface area contributed by atoms with Gasteiger partial charge < -0.3 is 10.1 Å². The molecule has 1 saturated carbocycles. The number of hydrogen-bond acceptors (Lipinski definition) is 5. The van der Waals surface area contributed by atoms with Gasteiger partial charge >= 0.3 is 6.03 Å². The summed E-state index contributed by atoms with van der Waals surface area (Å²) in [5, 5.41) is 13.4. The van der Waals surface area contributed by atoms with Crippen molar-refractivity contribution in [2.75, 3.05) is 11.9 Å². The van der Waals surface area contributed by atoms with Crippen LogP contribution in [0, 0.1) is 6.92 Å². The lowest BCUT2D eigenvalue weighted by atomic mass is 10.0. The Balaban J connectivity index is 1.38. The van der Waals surface area contributed by atoms with Gasteiger partial charge in [0.25, 0.3) is 0 Å². The fourth-order valence-electron chi connectivity index (χ4n) is 5.43.